The number of hydrogen-bond acceptors (Lipinski definition) is 1. The highest BCUT2D eigenvalue weighted by molar-refractivity contribution is 7.26. The van der Waals surface area contributed by atoms with Gasteiger partial charge in [-0.2, -0.15) is 0 Å². The topological polar surface area (TPSA) is 0 Å². The van der Waals surface area contributed by atoms with Gasteiger partial charge in [-0.25, -0.2) is 0 Å². The van der Waals surface area contributed by atoms with Crippen molar-refractivity contribution < 1.29 is 0 Å². The molecule has 1 aliphatic carbocycles. The summed E-state index contributed by atoms with van der Waals surface area (Å²) in [5.41, 5.74) is 8.13. The van der Waals surface area contributed by atoms with Gasteiger partial charge in [0.15, 0.2) is 0 Å². The fourth-order valence-electron chi connectivity index (χ4n) is 8.21. The number of rotatable bonds is 1. The molecule has 0 amide bonds. The quantitative estimate of drug-likeness (QED) is 0.171. The Balaban J connectivity index is 1.34. The van der Waals surface area contributed by atoms with Crippen LogP contribution in [0.1, 0.15) is 25.0 Å². The molecule has 0 aliphatic heterocycles. The Morgan fingerprint density at radius 1 is 0.409 bits per heavy atom. The number of hydrogen-bond donors (Lipinski definition) is 0. The van der Waals surface area contributed by atoms with Gasteiger partial charge in [-0.1, -0.05) is 123 Å². The third-order valence-corrected chi connectivity index (χ3v) is 11.4. The van der Waals surface area contributed by atoms with Gasteiger partial charge >= 0.3 is 0 Å². The van der Waals surface area contributed by atoms with Crippen molar-refractivity contribution >= 4 is 74.6 Å². The van der Waals surface area contributed by atoms with E-state index in [1.807, 2.05) is 11.3 Å². The van der Waals surface area contributed by atoms with Crippen molar-refractivity contribution in [1.29, 1.82) is 0 Å². The van der Waals surface area contributed by atoms with E-state index in [0.717, 1.165) is 0 Å². The third kappa shape index (κ3) is 3.07. The molecular weight excluding hydrogens is 549 g/mol. The summed E-state index contributed by atoms with van der Waals surface area (Å²) in [7, 11) is 0. The van der Waals surface area contributed by atoms with Gasteiger partial charge in [0, 0.05) is 25.6 Å². The summed E-state index contributed by atoms with van der Waals surface area (Å²) in [5, 5.41) is 13.4. The zero-order valence-corrected chi connectivity index (χ0v) is 25.4. The van der Waals surface area contributed by atoms with Crippen molar-refractivity contribution in [3.63, 3.8) is 0 Å². The van der Waals surface area contributed by atoms with Crippen molar-refractivity contribution in [3.05, 3.63) is 145 Å². The van der Waals surface area contributed by atoms with Crippen LogP contribution in [0.5, 0.6) is 0 Å². The van der Waals surface area contributed by atoms with Gasteiger partial charge in [-0.15, -0.1) is 11.3 Å². The molecule has 9 aromatic rings. The molecule has 0 nitrogen and oxygen atoms in total. The zero-order valence-electron chi connectivity index (χ0n) is 24.6. The Kier molecular flexibility index (Phi) is 4.76. The second-order valence-corrected chi connectivity index (χ2v) is 13.9. The highest BCUT2D eigenvalue weighted by atomic mass is 32.1. The largest absolute Gasteiger partial charge is 0.135 e. The third-order valence-electron chi connectivity index (χ3n) is 10.2. The molecule has 0 radical (unpaired) electrons. The Hall–Kier alpha value is -4.98. The maximum absolute atomic E-state index is 2.49. The lowest BCUT2D eigenvalue weighted by Crippen LogP contribution is -2.15. The van der Waals surface area contributed by atoms with E-state index in [0.29, 0.717) is 0 Å². The van der Waals surface area contributed by atoms with Crippen molar-refractivity contribution in [2.24, 2.45) is 0 Å². The van der Waals surface area contributed by atoms with Gasteiger partial charge in [0.1, 0.15) is 0 Å². The van der Waals surface area contributed by atoms with E-state index < -0.39 is 0 Å². The fraction of sp³-hybridized carbons (Fsp3) is 0.0698. The van der Waals surface area contributed by atoms with Crippen LogP contribution in [0.3, 0.4) is 0 Å². The van der Waals surface area contributed by atoms with E-state index in [9.17, 15) is 0 Å². The number of thiophene rings is 1. The van der Waals surface area contributed by atoms with Crippen LogP contribution < -0.4 is 0 Å². The molecule has 0 saturated carbocycles. The minimum absolute atomic E-state index is 0.0595. The first-order chi connectivity index (χ1) is 21.6. The van der Waals surface area contributed by atoms with Gasteiger partial charge in [-0.3, -0.25) is 0 Å². The summed E-state index contributed by atoms with van der Waals surface area (Å²) in [6.07, 6.45) is 0. The molecule has 10 rings (SSSR count). The molecule has 0 unspecified atom stereocenters. The molecule has 1 aromatic heterocycles. The minimum atomic E-state index is -0.0595. The Morgan fingerprint density at radius 2 is 1.05 bits per heavy atom. The van der Waals surface area contributed by atoms with Crippen molar-refractivity contribution in [2.45, 2.75) is 19.3 Å². The highest BCUT2D eigenvalue weighted by Gasteiger charge is 2.37. The lowest BCUT2D eigenvalue weighted by molar-refractivity contribution is 0.661. The zero-order chi connectivity index (χ0) is 29.2. The standard InChI is InChI=1S/C43H28S/c1-43(2)36-17-9-7-15-32(36)40-29-14-6-5-13-28(29)34(24-37(40)43)25-19-20-31-35(23-25)27-12-4-3-11-26(27)30-21-22-39-42(41(30)31)33-16-8-10-18-38(33)44-39/h3-24H,1-2H3. The molecule has 0 N–H and O–H groups in total. The van der Waals surface area contributed by atoms with Crippen LogP contribution in [0.2, 0.25) is 0 Å². The highest BCUT2D eigenvalue weighted by Crippen LogP contribution is 2.53. The minimum Gasteiger partial charge on any atom is -0.135 e. The molecule has 1 heterocycles. The van der Waals surface area contributed by atoms with E-state index >= 15 is 0 Å². The molecule has 0 spiro atoms. The summed E-state index contributed by atoms with van der Waals surface area (Å²) in [4.78, 5) is 0. The lowest BCUT2D eigenvalue weighted by Gasteiger charge is -2.23. The second kappa shape index (κ2) is 8.56. The maximum Gasteiger partial charge on any atom is 0.0362 e. The molecule has 0 atom stereocenters. The second-order valence-electron chi connectivity index (χ2n) is 12.8. The molecule has 206 valence electrons. The van der Waals surface area contributed by atoms with Gasteiger partial charge in [-0.05, 0) is 101 Å². The Bertz CT molecular complexity index is 2680. The van der Waals surface area contributed by atoms with Crippen LogP contribution in [0.25, 0.3) is 85.5 Å². The SMILES string of the molecule is CC1(C)c2ccccc2-c2c1cc(-c1ccc3c(c1)c1ccccc1c1ccc4sc5ccccc5c4c13)c1ccccc21. The molecule has 0 fully saturated rings. The van der Waals surface area contributed by atoms with Crippen LogP contribution in [0.4, 0.5) is 0 Å². The van der Waals surface area contributed by atoms with Crippen LogP contribution in [0, 0.1) is 0 Å². The molecule has 1 aliphatic rings. The van der Waals surface area contributed by atoms with Crippen molar-refractivity contribution in [3.8, 4) is 22.3 Å². The predicted molar refractivity (Wildman–Crippen MR) is 192 cm³/mol. The van der Waals surface area contributed by atoms with Crippen molar-refractivity contribution in [2.75, 3.05) is 0 Å². The van der Waals surface area contributed by atoms with Crippen LogP contribution in [-0.2, 0) is 5.41 Å². The Morgan fingerprint density at radius 3 is 1.89 bits per heavy atom. The van der Waals surface area contributed by atoms with Crippen LogP contribution in [-0.4, -0.2) is 0 Å². The summed E-state index contributed by atoms with van der Waals surface area (Å²) < 4.78 is 2.70. The predicted octanol–water partition coefficient (Wildman–Crippen LogP) is 12.6. The Labute approximate surface area is 259 Å². The van der Waals surface area contributed by atoms with Gasteiger partial charge in [0.2, 0.25) is 0 Å². The monoisotopic (exact) mass is 576 g/mol. The number of fused-ring (bicyclic) bond motifs is 15. The molecule has 44 heavy (non-hydrogen) atoms. The van der Waals surface area contributed by atoms with E-state index in [1.165, 1.54) is 96.6 Å². The van der Waals surface area contributed by atoms with Crippen molar-refractivity contribution in [1.82, 2.24) is 0 Å². The average molecular weight is 577 g/mol. The molecule has 8 aromatic carbocycles. The molecule has 1 heteroatoms. The first-order valence-electron chi connectivity index (χ1n) is 15.4. The van der Waals surface area contributed by atoms with Gasteiger partial charge < -0.3 is 0 Å². The van der Waals surface area contributed by atoms with E-state index in [-0.39, 0.29) is 5.41 Å². The lowest BCUT2D eigenvalue weighted by atomic mass is 9.80. The first-order valence-corrected chi connectivity index (χ1v) is 16.3. The summed E-state index contributed by atoms with van der Waals surface area (Å²) in [6.45, 7) is 4.76. The molecule has 0 saturated heterocycles. The molecule has 0 bridgehead atoms. The van der Waals surface area contributed by atoms with Gasteiger partial charge in [0.25, 0.3) is 0 Å². The maximum atomic E-state index is 2.49. The van der Waals surface area contributed by atoms with Crippen LogP contribution in [0.15, 0.2) is 133 Å². The van der Waals surface area contributed by atoms with E-state index in [4.69, 9.17) is 0 Å². The van der Waals surface area contributed by atoms with Crippen LogP contribution >= 0.6 is 11.3 Å². The first kappa shape index (κ1) is 24.5. The number of benzene rings is 8. The summed E-state index contributed by atoms with van der Waals surface area (Å²) in [5.74, 6) is 0. The normalized spacial score (nSPS) is 13.9. The fourth-order valence-corrected chi connectivity index (χ4v) is 9.33. The summed E-state index contributed by atoms with van der Waals surface area (Å²) >= 11 is 1.90. The van der Waals surface area contributed by atoms with Gasteiger partial charge in [0.05, 0.1) is 0 Å². The summed E-state index contributed by atoms with van der Waals surface area (Å²) in [6, 6.07) is 50.2. The average Bonchev–Trinajstić information content (AvgIpc) is 3.56. The van der Waals surface area contributed by atoms with E-state index in [2.05, 4.69) is 147 Å². The van der Waals surface area contributed by atoms with E-state index in [1.54, 1.807) is 0 Å². The molecular formula is C43H28S. The smallest absolute Gasteiger partial charge is 0.0362 e.